The number of alkyl halides is 1. The van der Waals surface area contributed by atoms with Gasteiger partial charge in [0.05, 0.1) is 15.9 Å². The molecule has 0 aliphatic carbocycles. The van der Waals surface area contributed by atoms with Crippen molar-refractivity contribution in [3.8, 4) is 0 Å². The van der Waals surface area contributed by atoms with Crippen molar-refractivity contribution >= 4 is 15.9 Å². The van der Waals surface area contributed by atoms with Crippen molar-refractivity contribution in [1.82, 2.24) is 15.1 Å². The zero-order valence-electron chi connectivity index (χ0n) is 12.7. The van der Waals surface area contributed by atoms with E-state index in [1.54, 1.807) is 6.92 Å². The Bertz CT molecular complexity index is 450. The van der Waals surface area contributed by atoms with E-state index in [9.17, 15) is 4.39 Å². The zero-order chi connectivity index (χ0) is 14.8. The number of hydrogen-bond donors (Lipinski definition) is 1. The van der Waals surface area contributed by atoms with Crippen LogP contribution in [0, 0.1) is 6.92 Å². The van der Waals surface area contributed by atoms with Gasteiger partial charge in [0.1, 0.15) is 5.67 Å². The predicted molar refractivity (Wildman–Crippen MR) is 83.8 cm³/mol. The second kappa shape index (κ2) is 6.56. The van der Waals surface area contributed by atoms with Gasteiger partial charge in [-0.25, -0.2) is 4.39 Å². The van der Waals surface area contributed by atoms with Crippen LogP contribution in [0.5, 0.6) is 0 Å². The Morgan fingerprint density at radius 2 is 2.25 bits per heavy atom. The molecule has 2 heterocycles. The van der Waals surface area contributed by atoms with Gasteiger partial charge in [-0.1, -0.05) is 6.42 Å². The lowest BCUT2D eigenvalue weighted by atomic mass is 9.89. The van der Waals surface area contributed by atoms with Gasteiger partial charge in [0.2, 0.25) is 0 Å². The molecule has 0 saturated carbocycles. The lowest BCUT2D eigenvalue weighted by Crippen LogP contribution is -2.40. The number of nitrogens with one attached hydrogen (secondary N) is 1. The standard InChI is InChI=1S/C15H25BrFN3/c1-4-20-13(14(16)11(2)19-20)10-15(3,17)9-12-7-5-6-8-18-12/h12,18H,4-10H2,1-3H3. The van der Waals surface area contributed by atoms with Crippen molar-refractivity contribution in [2.24, 2.45) is 0 Å². The molecule has 5 heteroatoms. The summed E-state index contributed by atoms with van der Waals surface area (Å²) in [6.45, 7) is 7.52. The first-order valence-corrected chi connectivity index (χ1v) is 8.36. The SMILES string of the molecule is CCn1nc(C)c(Br)c1CC(C)(F)CC1CCCCN1. The highest BCUT2D eigenvalue weighted by Gasteiger charge is 2.31. The summed E-state index contributed by atoms with van der Waals surface area (Å²) >= 11 is 3.55. The third-order valence-electron chi connectivity index (χ3n) is 4.07. The van der Waals surface area contributed by atoms with E-state index >= 15 is 0 Å². The van der Waals surface area contributed by atoms with Crippen LogP contribution in [-0.2, 0) is 13.0 Å². The van der Waals surface area contributed by atoms with Crippen LogP contribution in [0.15, 0.2) is 4.47 Å². The summed E-state index contributed by atoms with van der Waals surface area (Å²) in [5.74, 6) is 0. The molecule has 1 aliphatic rings. The molecule has 2 rings (SSSR count). The third kappa shape index (κ3) is 3.82. The molecule has 20 heavy (non-hydrogen) atoms. The van der Waals surface area contributed by atoms with Crippen LogP contribution in [0.4, 0.5) is 4.39 Å². The molecule has 2 atom stereocenters. The molecule has 0 bridgehead atoms. The Morgan fingerprint density at radius 3 is 2.85 bits per heavy atom. The van der Waals surface area contributed by atoms with Crippen molar-refractivity contribution in [1.29, 1.82) is 0 Å². The van der Waals surface area contributed by atoms with Crippen LogP contribution < -0.4 is 5.32 Å². The van der Waals surface area contributed by atoms with Gasteiger partial charge in [-0.3, -0.25) is 4.68 Å². The Morgan fingerprint density at radius 1 is 1.50 bits per heavy atom. The van der Waals surface area contributed by atoms with Gasteiger partial charge < -0.3 is 5.32 Å². The number of rotatable bonds is 5. The van der Waals surface area contributed by atoms with Gasteiger partial charge in [-0.05, 0) is 62.5 Å². The molecule has 2 unspecified atom stereocenters. The van der Waals surface area contributed by atoms with Crippen LogP contribution in [0.2, 0.25) is 0 Å². The first-order chi connectivity index (χ1) is 9.43. The molecule has 0 aromatic carbocycles. The number of halogens is 2. The van der Waals surface area contributed by atoms with E-state index in [2.05, 4.69) is 26.3 Å². The predicted octanol–water partition coefficient (Wildman–Crippen LogP) is 3.78. The van der Waals surface area contributed by atoms with Crippen LogP contribution >= 0.6 is 15.9 Å². The second-order valence-corrected chi connectivity index (χ2v) is 6.90. The molecule has 3 nitrogen and oxygen atoms in total. The van der Waals surface area contributed by atoms with E-state index in [0.29, 0.717) is 18.9 Å². The maximum absolute atomic E-state index is 15.0. The first kappa shape index (κ1) is 16.0. The van der Waals surface area contributed by atoms with Gasteiger partial charge in [0.25, 0.3) is 0 Å². The maximum atomic E-state index is 15.0. The summed E-state index contributed by atoms with van der Waals surface area (Å²) in [5.41, 5.74) is 0.718. The summed E-state index contributed by atoms with van der Waals surface area (Å²) in [6, 6.07) is 0.316. The molecule has 1 aromatic heterocycles. The Balaban J connectivity index is 2.07. The quantitative estimate of drug-likeness (QED) is 0.879. The molecule has 0 amide bonds. The molecule has 0 radical (unpaired) electrons. The minimum absolute atomic E-state index is 0.316. The average Bonchev–Trinajstić information content (AvgIpc) is 2.66. The van der Waals surface area contributed by atoms with Gasteiger partial charge in [0, 0.05) is 19.0 Å². The van der Waals surface area contributed by atoms with E-state index in [1.807, 2.05) is 18.5 Å². The van der Waals surface area contributed by atoms with Gasteiger partial charge in [-0.15, -0.1) is 0 Å². The molecule has 114 valence electrons. The smallest absolute Gasteiger partial charge is 0.115 e. The topological polar surface area (TPSA) is 29.9 Å². The Labute approximate surface area is 129 Å². The summed E-state index contributed by atoms with van der Waals surface area (Å²) in [4.78, 5) is 0. The molecule has 0 spiro atoms. The minimum atomic E-state index is -1.20. The summed E-state index contributed by atoms with van der Waals surface area (Å²) in [6.07, 6.45) is 4.51. The van der Waals surface area contributed by atoms with Gasteiger partial charge in [0.15, 0.2) is 0 Å². The van der Waals surface area contributed by atoms with Crippen LogP contribution in [0.25, 0.3) is 0 Å². The second-order valence-electron chi connectivity index (χ2n) is 6.10. The zero-order valence-corrected chi connectivity index (χ0v) is 14.3. The average molecular weight is 346 g/mol. The van der Waals surface area contributed by atoms with E-state index < -0.39 is 5.67 Å². The van der Waals surface area contributed by atoms with Gasteiger partial charge in [-0.2, -0.15) is 5.10 Å². The Hall–Kier alpha value is -0.420. The van der Waals surface area contributed by atoms with Crippen molar-refractivity contribution in [3.05, 3.63) is 15.9 Å². The van der Waals surface area contributed by atoms with E-state index in [-0.39, 0.29) is 0 Å². The number of aryl methyl sites for hydroxylation is 2. The van der Waals surface area contributed by atoms with Gasteiger partial charge >= 0.3 is 0 Å². The highest BCUT2D eigenvalue weighted by atomic mass is 79.9. The summed E-state index contributed by atoms with van der Waals surface area (Å²) < 4.78 is 17.8. The largest absolute Gasteiger partial charge is 0.314 e. The number of aromatic nitrogens is 2. The normalized spacial score (nSPS) is 22.8. The molecule has 1 fully saturated rings. The fraction of sp³-hybridized carbons (Fsp3) is 0.800. The molecule has 1 N–H and O–H groups in total. The van der Waals surface area contributed by atoms with E-state index in [1.165, 1.54) is 12.8 Å². The van der Waals surface area contributed by atoms with Crippen molar-refractivity contribution in [3.63, 3.8) is 0 Å². The number of hydrogen-bond acceptors (Lipinski definition) is 2. The molecule has 1 saturated heterocycles. The van der Waals surface area contributed by atoms with Crippen LogP contribution in [-0.4, -0.2) is 28.0 Å². The van der Waals surface area contributed by atoms with Crippen molar-refractivity contribution in [2.75, 3.05) is 6.54 Å². The number of piperidine rings is 1. The monoisotopic (exact) mass is 345 g/mol. The van der Waals surface area contributed by atoms with Crippen molar-refractivity contribution in [2.45, 2.75) is 71.1 Å². The number of nitrogens with zero attached hydrogens (tertiary/aromatic N) is 2. The summed E-state index contributed by atoms with van der Waals surface area (Å²) in [5, 5.41) is 7.88. The first-order valence-electron chi connectivity index (χ1n) is 7.57. The molecular formula is C15H25BrFN3. The Kier molecular flexibility index (Phi) is 5.24. The lowest BCUT2D eigenvalue weighted by Gasteiger charge is -2.30. The van der Waals surface area contributed by atoms with E-state index in [0.717, 1.165) is 35.4 Å². The van der Waals surface area contributed by atoms with E-state index in [4.69, 9.17) is 0 Å². The van der Waals surface area contributed by atoms with Crippen LogP contribution in [0.1, 0.15) is 50.9 Å². The molecular weight excluding hydrogens is 321 g/mol. The highest BCUT2D eigenvalue weighted by molar-refractivity contribution is 9.10. The fourth-order valence-electron chi connectivity index (χ4n) is 3.07. The van der Waals surface area contributed by atoms with Crippen molar-refractivity contribution < 1.29 is 4.39 Å². The summed E-state index contributed by atoms with van der Waals surface area (Å²) in [7, 11) is 0. The molecule has 1 aromatic rings. The lowest BCUT2D eigenvalue weighted by molar-refractivity contribution is 0.142. The van der Waals surface area contributed by atoms with Crippen LogP contribution in [0.3, 0.4) is 0 Å². The minimum Gasteiger partial charge on any atom is -0.314 e. The fourth-order valence-corrected chi connectivity index (χ4v) is 3.50. The molecule has 1 aliphatic heterocycles. The third-order valence-corrected chi connectivity index (χ3v) is 5.10. The highest BCUT2D eigenvalue weighted by Crippen LogP contribution is 2.30. The maximum Gasteiger partial charge on any atom is 0.115 e.